The number of hydrogen-bond donors (Lipinski definition) is 3. The summed E-state index contributed by atoms with van der Waals surface area (Å²) in [4.78, 5) is 1.03. The normalized spacial score (nSPS) is 16.8. The molecule has 0 saturated carbocycles. The third-order valence-corrected chi connectivity index (χ3v) is 4.85. The topological polar surface area (TPSA) is 86.6 Å². The molecule has 1 heterocycles. The van der Waals surface area contributed by atoms with Crippen LogP contribution in [0.25, 0.3) is 0 Å². The number of hydrogen-bond acceptors (Lipinski definition) is 4. The predicted octanol–water partition coefficient (Wildman–Crippen LogP) is 4.32. The average Bonchev–Trinajstić information content (AvgIpc) is 2.60. The lowest BCUT2D eigenvalue weighted by atomic mass is 10.0. The molecule has 1 aliphatic rings. The lowest BCUT2D eigenvalue weighted by Gasteiger charge is -2.20. The van der Waals surface area contributed by atoms with Gasteiger partial charge in [-0.1, -0.05) is 12.1 Å². The minimum absolute atomic E-state index is 0.0494. The number of halogens is 1. The van der Waals surface area contributed by atoms with E-state index in [0.717, 1.165) is 33.9 Å². The zero-order valence-corrected chi connectivity index (χ0v) is 13.8. The van der Waals surface area contributed by atoms with E-state index >= 15 is 0 Å². The second-order valence-electron chi connectivity index (χ2n) is 5.43. The molecule has 0 fully saturated rings. The Labute approximate surface area is 144 Å². The second kappa shape index (κ2) is 7.55. The molecule has 1 aliphatic heterocycles. The van der Waals surface area contributed by atoms with Crippen LogP contribution in [-0.4, -0.2) is 11.7 Å². The maximum absolute atomic E-state index is 13.5. The van der Waals surface area contributed by atoms with Gasteiger partial charge in [0.25, 0.3) is 0 Å². The monoisotopic (exact) mass is 343 g/mol. The SMILES string of the molecule is N=C(N=NC1CCSc2ccc(F)cc21)Nc1ccc(CN)cc1. The highest BCUT2D eigenvalue weighted by Gasteiger charge is 2.21. The fourth-order valence-corrected chi connectivity index (χ4v) is 3.57. The summed E-state index contributed by atoms with van der Waals surface area (Å²) in [6.07, 6.45) is 0.781. The standard InChI is InChI=1S/C17H18FN5S/c18-12-3-6-16-14(9-12)15(7-8-24-16)22-23-17(20)21-13-4-1-11(10-19)2-5-13/h1-6,9,15H,7-8,10,19H2,(H2,20,21). The Morgan fingerprint density at radius 3 is 2.83 bits per heavy atom. The highest BCUT2D eigenvalue weighted by atomic mass is 32.2. The van der Waals surface area contributed by atoms with Crippen LogP contribution in [0.5, 0.6) is 0 Å². The van der Waals surface area contributed by atoms with Gasteiger partial charge in [-0.3, -0.25) is 5.41 Å². The van der Waals surface area contributed by atoms with Crippen LogP contribution in [-0.2, 0) is 6.54 Å². The number of nitrogens with zero attached hydrogens (tertiary/aromatic N) is 2. The first kappa shape index (κ1) is 16.6. The molecule has 3 rings (SSSR count). The maximum atomic E-state index is 13.5. The van der Waals surface area contributed by atoms with E-state index in [1.54, 1.807) is 17.8 Å². The first-order valence-corrected chi connectivity index (χ1v) is 8.62. The Morgan fingerprint density at radius 2 is 2.08 bits per heavy atom. The van der Waals surface area contributed by atoms with Gasteiger partial charge in [0.05, 0.1) is 6.04 Å². The fraction of sp³-hybridized carbons (Fsp3) is 0.235. The van der Waals surface area contributed by atoms with Crippen LogP contribution < -0.4 is 11.1 Å². The van der Waals surface area contributed by atoms with Gasteiger partial charge in [0.2, 0.25) is 5.96 Å². The van der Waals surface area contributed by atoms with Crippen molar-refractivity contribution in [3.8, 4) is 0 Å². The molecule has 0 amide bonds. The van der Waals surface area contributed by atoms with Crippen molar-refractivity contribution >= 4 is 23.4 Å². The van der Waals surface area contributed by atoms with Gasteiger partial charge < -0.3 is 11.1 Å². The van der Waals surface area contributed by atoms with Crippen LogP contribution in [0.1, 0.15) is 23.6 Å². The molecule has 1 unspecified atom stereocenters. The van der Waals surface area contributed by atoms with Gasteiger partial charge in [0.15, 0.2) is 0 Å². The molecular weight excluding hydrogens is 325 g/mol. The van der Waals surface area contributed by atoms with Gasteiger partial charge in [-0.15, -0.1) is 16.9 Å². The zero-order chi connectivity index (χ0) is 16.9. The lowest BCUT2D eigenvalue weighted by molar-refractivity contribution is 0.603. The van der Waals surface area contributed by atoms with E-state index < -0.39 is 0 Å². The fourth-order valence-electron chi connectivity index (χ4n) is 2.48. The van der Waals surface area contributed by atoms with Crippen molar-refractivity contribution in [1.29, 1.82) is 5.41 Å². The van der Waals surface area contributed by atoms with Crippen molar-refractivity contribution < 1.29 is 4.39 Å². The third kappa shape index (κ3) is 3.98. The molecule has 0 aromatic heterocycles. The van der Waals surface area contributed by atoms with E-state index in [1.807, 2.05) is 24.3 Å². The van der Waals surface area contributed by atoms with Crippen molar-refractivity contribution in [2.24, 2.45) is 16.0 Å². The maximum Gasteiger partial charge on any atom is 0.239 e. The van der Waals surface area contributed by atoms with E-state index in [2.05, 4.69) is 15.5 Å². The number of thioether (sulfide) groups is 1. The Balaban J connectivity index is 1.67. The molecule has 0 radical (unpaired) electrons. The Bertz CT molecular complexity index is 760. The minimum atomic E-state index is -0.273. The number of nitrogens with one attached hydrogen (secondary N) is 2. The van der Waals surface area contributed by atoms with Crippen molar-refractivity contribution in [2.45, 2.75) is 23.9 Å². The largest absolute Gasteiger partial charge is 0.326 e. The van der Waals surface area contributed by atoms with Crippen LogP contribution in [0.2, 0.25) is 0 Å². The van der Waals surface area contributed by atoms with Crippen molar-refractivity contribution in [2.75, 3.05) is 11.1 Å². The Hall–Kier alpha value is -2.25. The molecule has 124 valence electrons. The molecule has 0 bridgehead atoms. The highest BCUT2D eigenvalue weighted by molar-refractivity contribution is 7.99. The quantitative estimate of drug-likeness (QED) is 0.441. The van der Waals surface area contributed by atoms with Crippen LogP contribution in [0, 0.1) is 11.2 Å². The number of fused-ring (bicyclic) bond motifs is 1. The summed E-state index contributed by atoms with van der Waals surface area (Å²) in [6, 6.07) is 12.0. The molecule has 0 spiro atoms. The summed E-state index contributed by atoms with van der Waals surface area (Å²) >= 11 is 1.69. The molecule has 2 aromatic rings. The molecule has 5 nitrogen and oxygen atoms in total. The van der Waals surface area contributed by atoms with Gasteiger partial charge >= 0.3 is 0 Å². The summed E-state index contributed by atoms with van der Waals surface area (Å²) < 4.78 is 13.5. The lowest BCUT2D eigenvalue weighted by Crippen LogP contribution is -2.09. The first-order valence-electron chi connectivity index (χ1n) is 7.63. The average molecular weight is 343 g/mol. The van der Waals surface area contributed by atoms with E-state index in [0.29, 0.717) is 6.54 Å². The van der Waals surface area contributed by atoms with Gasteiger partial charge in [0, 0.05) is 22.9 Å². The summed E-state index contributed by atoms with van der Waals surface area (Å²) in [7, 11) is 0. The summed E-state index contributed by atoms with van der Waals surface area (Å²) in [5.41, 5.74) is 8.17. The number of benzene rings is 2. The van der Waals surface area contributed by atoms with E-state index in [-0.39, 0.29) is 17.8 Å². The number of nitrogens with two attached hydrogens (primary N) is 1. The molecule has 24 heavy (non-hydrogen) atoms. The number of guanidine groups is 1. The van der Waals surface area contributed by atoms with Gasteiger partial charge in [0.1, 0.15) is 5.82 Å². The van der Waals surface area contributed by atoms with E-state index in [4.69, 9.17) is 11.1 Å². The Morgan fingerprint density at radius 1 is 1.29 bits per heavy atom. The molecule has 0 aliphatic carbocycles. The van der Waals surface area contributed by atoms with Gasteiger partial charge in [-0.25, -0.2) is 4.39 Å². The number of rotatable bonds is 3. The van der Waals surface area contributed by atoms with Crippen LogP contribution in [0.3, 0.4) is 0 Å². The molecule has 7 heteroatoms. The zero-order valence-electron chi connectivity index (χ0n) is 13.0. The molecule has 1 atom stereocenters. The van der Waals surface area contributed by atoms with Gasteiger partial charge in [-0.05, 0) is 47.9 Å². The minimum Gasteiger partial charge on any atom is -0.326 e. The van der Waals surface area contributed by atoms with Crippen molar-refractivity contribution in [1.82, 2.24) is 0 Å². The van der Waals surface area contributed by atoms with Crippen LogP contribution >= 0.6 is 11.8 Å². The third-order valence-electron chi connectivity index (χ3n) is 3.73. The van der Waals surface area contributed by atoms with E-state index in [1.165, 1.54) is 12.1 Å². The number of azo groups is 1. The van der Waals surface area contributed by atoms with Crippen LogP contribution in [0.4, 0.5) is 10.1 Å². The molecule has 4 N–H and O–H groups in total. The molecule has 2 aromatic carbocycles. The molecule has 0 saturated heterocycles. The van der Waals surface area contributed by atoms with Crippen molar-refractivity contribution in [3.05, 3.63) is 59.4 Å². The summed E-state index contributed by atoms with van der Waals surface area (Å²) in [5, 5.41) is 19.0. The second-order valence-corrected chi connectivity index (χ2v) is 6.56. The van der Waals surface area contributed by atoms with Crippen LogP contribution in [0.15, 0.2) is 57.6 Å². The molecular formula is C17H18FN5S. The Kier molecular flexibility index (Phi) is 5.22. The summed E-state index contributed by atoms with van der Waals surface area (Å²) in [6.45, 7) is 0.479. The first-order chi connectivity index (χ1) is 11.7. The van der Waals surface area contributed by atoms with Gasteiger partial charge in [-0.2, -0.15) is 5.11 Å². The number of anilines is 1. The summed E-state index contributed by atoms with van der Waals surface area (Å²) in [5.74, 6) is 0.584. The van der Waals surface area contributed by atoms with Crippen molar-refractivity contribution in [3.63, 3.8) is 0 Å². The predicted molar refractivity (Wildman–Crippen MR) is 95.0 cm³/mol. The smallest absolute Gasteiger partial charge is 0.239 e. The highest BCUT2D eigenvalue weighted by Crippen LogP contribution is 2.38. The van der Waals surface area contributed by atoms with E-state index in [9.17, 15) is 4.39 Å².